The van der Waals surface area contributed by atoms with Gasteiger partial charge < -0.3 is 0 Å². The molecule has 1 aromatic carbocycles. The van der Waals surface area contributed by atoms with Gasteiger partial charge in [-0.25, -0.2) is 0 Å². The molecule has 3 aromatic rings. The zero-order valence-electron chi connectivity index (χ0n) is 12.8. The molecule has 25 heavy (non-hydrogen) atoms. The van der Waals surface area contributed by atoms with Crippen molar-refractivity contribution in [1.29, 1.82) is 0 Å². The van der Waals surface area contributed by atoms with Crippen LogP contribution in [0.3, 0.4) is 0 Å². The predicted octanol–water partition coefficient (Wildman–Crippen LogP) is 6.92. The van der Waals surface area contributed by atoms with Crippen molar-refractivity contribution in [2.75, 3.05) is 0 Å². The molecule has 0 bridgehead atoms. The van der Waals surface area contributed by atoms with Crippen LogP contribution < -0.4 is 4.40 Å². The van der Waals surface area contributed by atoms with Gasteiger partial charge in [0.2, 0.25) is 5.52 Å². The van der Waals surface area contributed by atoms with Crippen molar-refractivity contribution in [3.8, 4) is 0 Å². The summed E-state index contributed by atoms with van der Waals surface area (Å²) in [5.74, 6) is 0. The van der Waals surface area contributed by atoms with E-state index in [1.807, 2.05) is 0 Å². The molecule has 134 valence electrons. The number of allylic oxidation sites excluding steroid dienone is 1. The van der Waals surface area contributed by atoms with Crippen LogP contribution in [-0.4, -0.2) is 0 Å². The van der Waals surface area contributed by atoms with Gasteiger partial charge in [-0.05, 0) is 29.9 Å². The van der Waals surface area contributed by atoms with E-state index in [1.165, 1.54) is 27.4 Å². The Kier molecular flexibility index (Phi) is 3.66. The summed E-state index contributed by atoms with van der Waals surface area (Å²) in [4.78, 5) is 0. The van der Waals surface area contributed by atoms with E-state index in [1.54, 1.807) is 0 Å². The quantitative estimate of drug-likeness (QED) is 0.173. The molecule has 0 aliphatic heterocycles. The van der Waals surface area contributed by atoms with E-state index in [0.717, 1.165) is 12.8 Å². The minimum atomic E-state index is -10.7. The molecule has 0 N–H and O–H groups in total. The Morgan fingerprint density at radius 3 is 2.20 bits per heavy atom. The Labute approximate surface area is 139 Å². The zero-order valence-corrected chi connectivity index (χ0v) is 13.7. The van der Waals surface area contributed by atoms with Crippen molar-refractivity contribution >= 4 is 30.2 Å². The Morgan fingerprint density at radius 1 is 0.880 bits per heavy atom. The van der Waals surface area contributed by atoms with Crippen LogP contribution in [0, 0.1) is 0 Å². The van der Waals surface area contributed by atoms with Gasteiger partial charge in [-0.15, -0.1) is 0 Å². The summed E-state index contributed by atoms with van der Waals surface area (Å²) in [6, 6.07) is 13.1. The van der Waals surface area contributed by atoms with Crippen LogP contribution in [0.1, 0.15) is 17.5 Å². The Bertz CT molecular complexity index is 982. The topological polar surface area (TPSA) is 4.10 Å². The van der Waals surface area contributed by atoms with E-state index < -0.39 is 7.81 Å². The number of aryl methyl sites for hydroxylation is 1. The van der Waals surface area contributed by atoms with E-state index in [0.29, 0.717) is 0 Å². The molecule has 8 heteroatoms. The van der Waals surface area contributed by atoms with Crippen LogP contribution in [0.2, 0.25) is 0 Å². The van der Waals surface area contributed by atoms with Crippen LogP contribution >= 0.6 is 7.81 Å². The molecular formula is C17H14F6NP. The molecular weight excluding hydrogens is 363 g/mol. The first-order valence-electron chi connectivity index (χ1n) is 7.45. The van der Waals surface area contributed by atoms with Crippen LogP contribution in [-0.2, 0) is 6.42 Å². The van der Waals surface area contributed by atoms with Crippen LogP contribution in [0.5, 0.6) is 0 Å². The Balaban J connectivity index is 0.000000225. The molecule has 0 saturated carbocycles. The average Bonchev–Trinajstić information content (AvgIpc) is 2.50. The first kappa shape index (κ1) is 17.7. The van der Waals surface area contributed by atoms with Gasteiger partial charge in [0, 0.05) is 23.1 Å². The monoisotopic (exact) mass is 377 g/mol. The number of rotatable bonds is 0. The van der Waals surface area contributed by atoms with Crippen LogP contribution in [0.25, 0.3) is 22.4 Å². The fourth-order valence-corrected chi connectivity index (χ4v) is 2.84. The summed E-state index contributed by atoms with van der Waals surface area (Å²) in [5, 5.41) is 2.61. The van der Waals surface area contributed by atoms with Crippen molar-refractivity contribution < 1.29 is 29.6 Å². The fourth-order valence-electron chi connectivity index (χ4n) is 2.84. The van der Waals surface area contributed by atoms with Gasteiger partial charge in [-0.3, -0.25) is 0 Å². The third-order valence-electron chi connectivity index (χ3n) is 3.78. The van der Waals surface area contributed by atoms with Gasteiger partial charge in [0.1, 0.15) is 0 Å². The summed E-state index contributed by atoms with van der Waals surface area (Å²) in [5.41, 5.74) is 4.19. The van der Waals surface area contributed by atoms with Crippen molar-refractivity contribution in [2.24, 2.45) is 0 Å². The second-order valence-electron chi connectivity index (χ2n) is 5.84. The third kappa shape index (κ3) is 5.16. The fraction of sp³-hybridized carbons (Fsp3) is 0.118. The third-order valence-corrected chi connectivity index (χ3v) is 3.78. The van der Waals surface area contributed by atoms with Crippen LogP contribution in [0.4, 0.5) is 25.2 Å². The molecule has 2 heterocycles. The van der Waals surface area contributed by atoms with Crippen molar-refractivity contribution in [1.82, 2.24) is 0 Å². The summed E-state index contributed by atoms with van der Waals surface area (Å²) in [7, 11) is -10.7. The number of fused-ring (bicyclic) bond motifs is 4. The maximum absolute atomic E-state index is 10.7. The van der Waals surface area contributed by atoms with Gasteiger partial charge in [0.25, 0.3) is 0 Å². The zero-order chi connectivity index (χ0) is 18.4. The van der Waals surface area contributed by atoms with Gasteiger partial charge >= 0.3 is 33.0 Å². The predicted molar refractivity (Wildman–Crippen MR) is 88.0 cm³/mol. The van der Waals surface area contributed by atoms with E-state index in [4.69, 9.17) is 0 Å². The molecule has 0 radical (unpaired) electrons. The molecule has 0 unspecified atom stereocenters. The first-order valence-corrected chi connectivity index (χ1v) is 9.48. The molecule has 0 saturated heterocycles. The molecule has 2 aromatic heterocycles. The second kappa shape index (κ2) is 5.18. The maximum atomic E-state index is 9.87. The molecule has 0 amide bonds. The molecule has 4 rings (SSSR count). The number of pyridine rings is 2. The number of hydrogen-bond donors (Lipinski definition) is 0. The van der Waals surface area contributed by atoms with E-state index >= 15 is 0 Å². The van der Waals surface area contributed by atoms with Gasteiger partial charge in [0.05, 0.1) is 0 Å². The SMILES string of the molecule is C1=Cc2cc[n+]3cc4ccccc4cc3c2CC1.F[P-](F)(F)(F)(F)F. The number of aromatic nitrogens is 1. The second-order valence-corrected chi connectivity index (χ2v) is 7.76. The van der Waals surface area contributed by atoms with E-state index in [-0.39, 0.29) is 0 Å². The Hall–Kier alpha value is -2.14. The molecule has 1 nitrogen and oxygen atoms in total. The molecule has 0 spiro atoms. The normalized spacial score (nSPS) is 16.6. The molecule has 1 aliphatic carbocycles. The first-order chi connectivity index (χ1) is 11.4. The molecule has 0 fully saturated rings. The van der Waals surface area contributed by atoms with E-state index in [9.17, 15) is 25.2 Å². The minimum absolute atomic E-state index is 1.15. The van der Waals surface area contributed by atoms with Crippen molar-refractivity contribution in [3.63, 3.8) is 0 Å². The van der Waals surface area contributed by atoms with Gasteiger partial charge in [0.15, 0.2) is 12.4 Å². The van der Waals surface area contributed by atoms with Crippen molar-refractivity contribution in [3.05, 3.63) is 66.0 Å². The number of halogens is 6. The molecule has 0 atom stereocenters. The van der Waals surface area contributed by atoms with Crippen LogP contribution in [0.15, 0.2) is 54.9 Å². The summed E-state index contributed by atoms with van der Waals surface area (Å²) in [6.07, 6.45) is 11.2. The number of nitrogens with zero attached hydrogens (tertiary/aromatic N) is 1. The van der Waals surface area contributed by atoms with Gasteiger partial charge in [-0.2, -0.15) is 4.40 Å². The van der Waals surface area contributed by atoms with Crippen molar-refractivity contribution in [2.45, 2.75) is 12.8 Å². The number of hydrogen-bond acceptors (Lipinski definition) is 0. The summed E-state index contributed by atoms with van der Waals surface area (Å²) >= 11 is 0. The number of benzene rings is 1. The molecule has 1 aliphatic rings. The van der Waals surface area contributed by atoms with Gasteiger partial charge in [-0.1, -0.05) is 30.4 Å². The summed E-state index contributed by atoms with van der Waals surface area (Å²) < 4.78 is 61.4. The summed E-state index contributed by atoms with van der Waals surface area (Å²) in [6.45, 7) is 0. The van der Waals surface area contributed by atoms with E-state index in [2.05, 4.69) is 65.3 Å². The Morgan fingerprint density at radius 2 is 1.52 bits per heavy atom. The standard InChI is InChI=1S/C17H14N.F6P/c1-2-7-15-12-18-10-9-13-5-3-4-8-16(13)17(18)11-14(15)6-1;1-7(2,3,4,5)6/h1-3,5-7,9-12H,4,8H2;/q+1;-1. The average molecular weight is 377 g/mol.